The summed E-state index contributed by atoms with van der Waals surface area (Å²) in [6.07, 6.45) is 2.58. The summed E-state index contributed by atoms with van der Waals surface area (Å²) in [5, 5.41) is 19.4. The number of nitro groups is 1. The molecule has 0 aliphatic heterocycles. The average molecular weight is 356 g/mol. The summed E-state index contributed by atoms with van der Waals surface area (Å²) in [5.41, 5.74) is 3.75. The Morgan fingerprint density at radius 1 is 1.36 bits per heavy atom. The van der Waals surface area contributed by atoms with Gasteiger partial charge in [0.25, 0.3) is 5.91 Å². The number of anilines is 1. The molecule has 0 fully saturated rings. The largest absolute Gasteiger partial charge is 0.321 e. The van der Waals surface area contributed by atoms with Gasteiger partial charge in [0.2, 0.25) is 0 Å². The lowest BCUT2D eigenvalue weighted by Crippen LogP contribution is -2.11. The SMILES string of the molecule is Cc1ccc(NC(=O)c2cc(Cn3cc([N+](=O)[O-])cn3)cs2)c(C)c1. The topological polar surface area (TPSA) is 90.1 Å². The summed E-state index contributed by atoms with van der Waals surface area (Å²) in [7, 11) is 0. The normalized spacial score (nSPS) is 10.6. The molecule has 25 heavy (non-hydrogen) atoms. The number of thiophene rings is 1. The summed E-state index contributed by atoms with van der Waals surface area (Å²) in [6, 6.07) is 7.63. The van der Waals surface area contributed by atoms with E-state index >= 15 is 0 Å². The molecule has 0 bridgehead atoms. The van der Waals surface area contributed by atoms with Gasteiger partial charge in [0, 0.05) is 5.69 Å². The van der Waals surface area contributed by atoms with Gasteiger partial charge >= 0.3 is 5.69 Å². The van der Waals surface area contributed by atoms with Crippen molar-refractivity contribution in [3.05, 3.63) is 73.7 Å². The highest BCUT2D eigenvalue weighted by atomic mass is 32.1. The van der Waals surface area contributed by atoms with Gasteiger partial charge in [-0.25, -0.2) is 0 Å². The molecule has 1 aromatic carbocycles. The smallest absolute Gasteiger partial charge is 0.307 e. The van der Waals surface area contributed by atoms with Crippen LogP contribution in [-0.2, 0) is 6.54 Å². The van der Waals surface area contributed by atoms with E-state index in [0.717, 1.165) is 22.4 Å². The summed E-state index contributed by atoms with van der Waals surface area (Å²) in [4.78, 5) is 23.2. The summed E-state index contributed by atoms with van der Waals surface area (Å²) in [5.74, 6) is -0.172. The molecule has 2 aromatic heterocycles. The number of hydrogen-bond donors (Lipinski definition) is 1. The molecule has 2 heterocycles. The average Bonchev–Trinajstić information content (AvgIpc) is 3.20. The van der Waals surface area contributed by atoms with E-state index in [2.05, 4.69) is 10.4 Å². The zero-order chi connectivity index (χ0) is 18.0. The Balaban J connectivity index is 1.69. The maximum Gasteiger partial charge on any atom is 0.307 e. The van der Waals surface area contributed by atoms with E-state index in [4.69, 9.17) is 0 Å². The number of nitrogens with zero attached hydrogens (tertiary/aromatic N) is 3. The van der Waals surface area contributed by atoms with Crippen LogP contribution in [0.1, 0.15) is 26.4 Å². The molecule has 0 unspecified atom stereocenters. The lowest BCUT2D eigenvalue weighted by molar-refractivity contribution is -0.385. The molecule has 0 aliphatic rings. The Labute approximate surface area is 148 Å². The molecule has 3 rings (SSSR count). The monoisotopic (exact) mass is 356 g/mol. The predicted octanol–water partition coefficient (Wildman–Crippen LogP) is 3.77. The second-order valence-electron chi connectivity index (χ2n) is 5.74. The first-order chi connectivity index (χ1) is 11.9. The van der Waals surface area contributed by atoms with Crippen molar-refractivity contribution in [1.82, 2.24) is 9.78 Å². The van der Waals surface area contributed by atoms with Gasteiger partial charge in [-0.1, -0.05) is 17.7 Å². The Hall–Kier alpha value is -3.00. The van der Waals surface area contributed by atoms with Crippen molar-refractivity contribution in [1.29, 1.82) is 0 Å². The summed E-state index contributed by atoms with van der Waals surface area (Å²) in [6.45, 7) is 4.33. The van der Waals surface area contributed by atoms with E-state index in [1.54, 1.807) is 6.07 Å². The lowest BCUT2D eigenvalue weighted by Gasteiger charge is -2.08. The third-order valence-electron chi connectivity index (χ3n) is 3.68. The minimum atomic E-state index is -0.486. The number of amides is 1. The van der Waals surface area contributed by atoms with Crippen LogP contribution in [-0.4, -0.2) is 20.6 Å². The van der Waals surface area contributed by atoms with Gasteiger partial charge in [-0.3, -0.25) is 19.6 Å². The fourth-order valence-corrected chi connectivity index (χ4v) is 3.23. The predicted molar refractivity (Wildman–Crippen MR) is 96.2 cm³/mol. The zero-order valence-electron chi connectivity index (χ0n) is 13.7. The molecule has 7 nitrogen and oxygen atoms in total. The van der Waals surface area contributed by atoms with E-state index in [-0.39, 0.29) is 11.6 Å². The van der Waals surface area contributed by atoms with Crippen LogP contribution in [0.25, 0.3) is 0 Å². The van der Waals surface area contributed by atoms with Crippen molar-refractivity contribution in [2.75, 3.05) is 5.32 Å². The second-order valence-corrected chi connectivity index (χ2v) is 6.66. The highest BCUT2D eigenvalue weighted by Crippen LogP contribution is 2.21. The first kappa shape index (κ1) is 16.8. The fourth-order valence-electron chi connectivity index (χ4n) is 2.44. The van der Waals surface area contributed by atoms with Gasteiger partial charge < -0.3 is 5.32 Å². The van der Waals surface area contributed by atoms with E-state index < -0.39 is 4.92 Å². The molecule has 0 radical (unpaired) electrons. The van der Waals surface area contributed by atoms with Crippen LogP contribution in [0.4, 0.5) is 11.4 Å². The van der Waals surface area contributed by atoms with Crippen molar-refractivity contribution in [2.24, 2.45) is 0 Å². The molecule has 1 amide bonds. The molecule has 0 saturated carbocycles. The highest BCUT2D eigenvalue weighted by molar-refractivity contribution is 7.12. The summed E-state index contributed by atoms with van der Waals surface area (Å²) < 4.78 is 1.48. The maximum absolute atomic E-state index is 12.4. The molecule has 128 valence electrons. The highest BCUT2D eigenvalue weighted by Gasteiger charge is 2.13. The van der Waals surface area contributed by atoms with Crippen molar-refractivity contribution in [2.45, 2.75) is 20.4 Å². The lowest BCUT2D eigenvalue weighted by atomic mass is 10.1. The summed E-state index contributed by atoms with van der Waals surface area (Å²) >= 11 is 1.33. The Bertz CT molecular complexity index is 945. The maximum atomic E-state index is 12.4. The number of nitrogens with one attached hydrogen (secondary N) is 1. The number of carbonyl (C=O) groups is 1. The van der Waals surface area contributed by atoms with Gasteiger partial charge in [0.05, 0.1) is 16.3 Å². The zero-order valence-corrected chi connectivity index (χ0v) is 14.5. The molecule has 0 atom stereocenters. The van der Waals surface area contributed by atoms with Crippen LogP contribution < -0.4 is 5.32 Å². The van der Waals surface area contributed by atoms with E-state index in [1.807, 2.05) is 37.4 Å². The van der Waals surface area contributed by atoms with E-state index in [0.29, 0.717) is 11.4 Å². The minimum Gasteiger partial charge on any atom is -0.321 e. The molecule has 1 N–H and O–H groups in total. The molecular weight excluding hydrogens is 340 g/mol. The number of aryl methyl sites for hydroxylation is 2. The first-order valence-corrected chi connectivity index (χ1v) is 8.43. The number of rotatable bonds is 5. The fraction of sp³-hybridized carbons (Fsp3) is 0.176. The molecule has 0 aliphatic carbocycles. The molecule has 3 aromatic rings. The van der Waals surface area contributed by atoms with Crippen LogP contribution in [0.2, 0.25) is 0 Å². The third-order valence-corrected chi connectivity index (χ3v) is 4.66. The van der Waals surface area contributed by atoms with Crippen LogP contribution in [0, 0.1) is 24.0 Å². The van der Waals surface area contributed by atoms with Crippen LogP contribution in [0.3, 0.4) is 0 Å². The molecule has 8 heteroatoms. The van der Waals surface area contributed by atoms with Gasteiger partial charge in [-0.05, 0) is 42.5 Å². The Morgan fingerprint density at radius 2 is 2.16 bits per heavy atom. The van der Waals surface area contributed by atoms with Crippen molar-refractivity contribution in [3.63, 3.8) is 0 Å². The first-order valence-electron chi connectivity index (χ1n) is 7.55. The van der Waals surface area contributed by atoms with Crippen LogP contribution in [0.15, 0.2) is 42.0 Å². The Kier molecular flexibility index (Phi) is 4.62. The third kappa shape index (κ3) is 3.92. The Morgan fingerprint density at radius 3 is 2.84 bits per heavy atom. The van der Waals surface area contributed by atoms with Crippen molar-refractivity contribution >= 4 is 28.6 Å². The molecule has 0 spiro atoms. The van der Waals surface area contributed by atoms with Gasteiger partial charge in [-0.15, -0.1) is 11.3 Å². The second kappa shape index (κ2) is 6.86. The molecule has 0 saturated heterocycles. The number of hydrogen-bond acceptors (Lipinski definition) is 5. The van der Waals surface area contributed by atoms with E-state index in [9.17, 15) is 14.9 Å². The van der Waals surface area contributed by atoms with Crippen LogP contribution in [0.5, 0.6) is 0 Å². The van der Waals surface area contributed by atoms with E-state index in [1.165, 1.54) is 28.4 Å². The van der Waals surface area contributed by atoms with Crippen molar-refractivity contribution in [3.8, 4) is 0 Å². The van der Waals surface area contributed by atoms with Gasteiger partial charge in [0.1, 0.15) is 12.4 Å². The number of benzene rings is 1. The van der Waals surface area contributed by atoms with Crippen LogP contribution >= 0.6 is 11.3 Å². The quantitative estimate of drug-likeness (QED) is 0.556. The van der Waals surface area contributed by atoms with Crippen molar-refractivity contribution < 1.29 is 9.72 Å². The molecular formula is C17H16N4O3S. The van der Waals surface area contributed by atoms with Gasteiger partial charge in [-0.2, -0.15) is 5.10 Å². The number of aromatic nitrogens is 2. The number of carbonyl (C=O) groups excluding carboxylic acids is 1. The minimum absolute atomic E-state index is 0.0527. The van der Waals surface area contributed by atoms with Gasteiger partial charge in [0.15, 0.2) is 0 Å². The standard InChI is InChI=1S/C17H16N4O3S/c1-11-3-4-15(12(2)5-11)19-17(22)16-6-13(10-25-16)8-20-9-14(7-18-20)21(23)24/h3-7,9-10H,8H2,1-2H3,(H,19,22).